The van der Waals surface area contributed by atoms with Crippen molar-refractivity contribution < 1.29 is 14.3 Å². The zero-order chi connectivity index (χ0) is 22.7. The number of ether oxygens (including phenoxy) is 1. The molecule has 32 heavy (non-hydrogen) atoms. The van der Waals surface area contributed by atoms with E-state index >= 15 is 0 Å². The molecule has 0 bridgehead atoms. The van der Waals surface area contributed by atoms with E-state index in [9.17, 15) is 9.59 Å². The predicted molar refractivity (Wildman–Crippen MR) is 129 cm³/mol. The second-order valence-electron chi connectivity index (χ2n) is 7.86. The lowest BCUT2D eigenvalue weighted by molar-refractivity contribution is -0.117. The van der Waals surface area contributed by atoms with Gasteiger partial charge in [0.15, 0.2) is 0 Å². The molecule has 0 atom stereocenters. The van der Waals surface area contributed by atoms with Gasteiger partial charge in [-0.15, -0.1) is 11.3 Å². The highest BCUT2D eigenvalue weighted by atomic mass is 35.5. The van der Waals surface area contributed by atoms with Crippen LogP contribution in [0.1, 0.15) is 30.7 Å². The molecular formula is C23H25ClN4O3S. The molecule has 3 aromatic rings. The maximum atomic E-state index is 12.7. The maximum Gasteiger partial charge on any atom is 0.238 e. The molecule has 0 aliphatic carbocycles. The summed E-state index contributed by atoms with van der Waals surface area (Å²) in [6.07, 6.45) is 1.92. The third-order valence-electron chi connectivity index (χ3n) is 5.46. The highest BCUT2D eigenvalue weighted by Gasteiger charge is 2.24. The molecule has 0 spiro atoms. The highest BCUT2D eigenvalue weighted by Crippen LogP contribution is 2.35. The van der Waals surface area contributed by atoms with Crippen molar-refractivity contribution in [2.45, 2.75) is 25.7 Å². The van der Waals surface area contributed by atoms with Crippen molar-refractivity contribution in [2.75, 3.05) is 37.4 Å². The number of anilines is 2. The molecule has 7 nitrogen and oxygen atoms in total. The molecule has 1 aliphatic heterocycles. The Kier molecular flexibility index (Phi) is 6.93. The Hall–Kier alpha value is -2.68. The molecule has 9 heteroatoms. The van der Waals surface area contributed by atoms with Gasteiger partial charge in [0.1, 0.15) is 5.75 Å². The molecule has 2 N–H and O–H groups in total. The molecule has 0 radical (unpaired) electrons. The summed E-state index contributed by atoms with van der Waals surface area (Å²) in [5.41, 5.74) is 2.09. The Morgan fingerprint density at radius 3 is 2.69 bits per heavy atom. The molecule has 1 fully saturated rings. The molecule has 4 rings (SSSR count). The SMILES string of the molecule is COc1ccc(NC(C)=O)cc1NC(=O)CN1CCC(c2nc3cc(Cl)ccc3s2)CC1. The van der Waals surface area contributed by atoms with Crippen LogP contribution in [0.4, 0.5) is 11.4 Å². The molecule has 0 unspecified atom stereocenters. The van der Waals surface area contributed by atoms with Gasteiger partial charge < -0.3 is 15.4 Å². The van der Waals surface area contributed by atoms with E-state index in [0.717, 1.165) is 41.2 Å². The molecule has 2 amide bonds. The van der Waals surface area contributed by atoms with Gasteiger partial charge in [0, 0.05) is 23.6 Å². The Morgan fingerprint density at radius 1 is 1.19 bits per heavy atom. The first-order valence-electron chi connectivity index (χ1n) is 10.4. The predicted octanol–water partition coefficient (Wildman–Crippen LogP) is 4.73. The van der Waals surface area contributed by atoms with Crippen LogP contribution in [0.2, 0.25) is 5.02 Å². The summed E-state index contributed by atoms with van der Waals surface area (Å²) in [6.45, 7) is 3.40. The Labute approximate surface area is 195 Å². The molecule has 2 heterocycles. The fraction of sp³-hybridized carbons (Fsp3) is 0.348. The van der Waals surface area contributed by atoms with E-state index in [4.69, 9.17) is 21.3 Å². The summed E-state index contributed by atoms with van der Waals surface area (Å²) in [5, 5.41) is 7.47. The number of nitrogens with one attached hydrogen (secondary N) is 2. The van der Waals surface area contributed by atoms with Crippen LogP contribution in [0.5, 0.6) is 5.75 Å². The van der Waals surface area contributed by atoms with Gasteiger partial charge in [-0.3, -0.25) is 14.5 Å². The van der Waals surface area contributed by atoms with Crippen molar-refractivity contribution >= 4 is 56.3 Å². The van der Waals surface area contributed by atoms with Gasteiger partial charge >= 0.3 is 0 Å². The van der Waals surface area contributed by atoms with E-state index in [-0.39, 0.29) is 11.8 Å². The first-order chi connectivity index (χ1) is 15.4. The number of rotatable bonds is 6. The lowest BCUT2D eigenvalue weighted by Gasteiger charge is -2.30. The third kappa shape index (κ3) is 5.38. The van der Waals surface area contributed by atoms with Crippen molar-refractivity contribution in [3.05, 3.63) is 46.4 Å². The molecule has 168 valence electrons. The number of carbonyl (C=O) groups is 2. The van der Waals surface area contributed by atoms with Crippen molar-refractivity contribution in [2.24, 2.45) is 0 Å². The van der Waals surface area contributed by atoms with Gasteiger partial charge in [0.25, 0.3) is 0 Å². The lowest BCUT2D eigenvalue weighted by atomic mass is 9.97. The second kappa shape index (κ2) is 9.85. The maximum absolute atomic E-state index is 12.7. The number of hydrogen-bond acceptors (Lipinski definition) is 6. The Bertz CT molecular complexity index is 1140. The van der Waals surface area contributed by atoms with Crippen molar-refractivity contribution in [3.8, 4) is 5.75 Å². The van der Waals surface area contributed by atoms with Crippen LogP contribution >= 0.6 is 22.9 Å². The summed E-state index contributed by atoms with van der Waals surface area (Å²) < 4.78 is 6.49. The number of amides is 2. The minimum absolute atomic E-state index is 0.114. The first-order valence-corrected chi connectivity index (χ1v) is 11.6. The molecule has 1 saturated heterocycles. The Morgan fingerprint density at radius 2 is 1.97 bits per heavy atom. The smallest absolute Gasteiger partial charge is 0.238 e. The number of nitrogens with zero attached hydrogens (tertiary/aromatic N) is 2. The van der Waals surface area contributed by atoms with Crippen LogP contribution in [0.25, 0.3) is 10.2 Å². The van der Waals surface area contributed by atoms with Crippen LogP contribution in [0.15, 0.2) is 36.4 Å². The van der Waals surface area contributed by atoms with Gasteiger partial charge in [0.05, 0.1) is 34.6 Å². The van der Waals surface area contributed by atoms with Crippen molar-refractivity contribution in [1.29, 1.82) is 0 Å². The van der Waals surface area contributed by atoms with Crippen LogP contribution in [0, 0.1) is 0 Å². The number of fused-ring (bicyclic) bond motifs is 1. The average Bonchev–Trinajstić information content (AvgIpc) is 3.17. The number of hydrogen-bond donors (Lipinski definition) is 2. The highest BCUT2D eigenvalue weighted by molar-refractivity contribution is 7.18. The van der Waals surface area contributed by atoms with Gasteiger partial charge in [-0.2, -0.15) is 0 Å². The zero-order valence-corrected chi connectivity index (χ0v) is 19.6. The molecule has 1 aromatic heterocycles. The number of piperidine rings is 1. The summed E-state index contributed by atoms with van der Waals surface area (Å²) in [7, 11) is 1.55. The number of likely N-dealkylation sites (tertiary alicyclic amines) is 1. The molecule has 1 aliphatic rings. The van der Waals surface area contributed by atoms with E-state index in [1.54, 1.807) is 36.6 Å². The minimum Gasteiger partial charge on any atom is -0.495 e. The van der Waals surface area contributed by atoms with E-state index in [1.165, 1.54) is 6.92 Å². The van der Waals surface area contributed by atoms with Crippen LogP contribution in [0.3, 0.4) is 0 Å². The average molecular weight is 473 g/mol. The van der Waals surface area contributed by atoms with Crippen LogP contribution < -0.4 is 15.4 Å². The summed E-state index contributed by atoms with van der Waals surface area (Å²) >= 11 is 7.81. The summed E-state index contributed by atoms with van der Waals surface area (Å²) in [5.74, 6) is 0.657. The summed E-state index contributed by atoms with van der Waals surface area (Å²) in [6, 6.07) is 11.0. The molecule has 2 aromatic carbocycles. The standard InChI is InChI=1S/C23H25ClN4O3S/c1-14(29)25-17-4-5-20(31-2)18(12-17)26-22(30)13-28-9-7-15(8-10-28)23-27-19-11-16(24)3-6-21(19)32-23/h3-6,11-12,15H,7-10,13H2,1-2H3,(H,25,29)(H,26,30). The number of aromatic nitrogens is 1. The topological polar surface area (TPSA) is 83.6 Å². The fourth-order valence-electron chi connectivity index (χ4n) is 3.91. The second-order valence-corrected chi connectivity index (χ2v) is 9.36. The quantitative estimate of drug-likeness (QED) is 0.541. The van der Waals surface area contributed by atoms with Gasteiger partial charge in [-0.25, -0.2) is 4.98 Å². The zero-order valence-electron chi connectivity index (χ0n) is 18.0. The van der Waals surface area contributed by atoms with E-state index in [1.807, 2.05) is 18.2 Å². The van der Waals surface area contributed by atoms with Gasteiger partial charge in [0.2, 0.25) is 11.8 Å². The summed E-state index contributed by atoms with van der Waals surface area (Å²) in [4.78, 5) is 30.9. The van der Waals surface area contributed by atoms with E-state index in [0.29, 0.717) is 34.6 Å². The number of halogens is 1. The number of carbonyl (C=O) groups excluding carboxylic acids is 2. The van der Waals surface area contributed by atoms with Crippen LogP contribution in [-0.2, 0) is 9.59 Å². The third-order valence-corrected chi connectivity index (χ3v) is 6.90. The normalized spacial score (nSPS) is 15.0. The van der Waals surface area contributed by atoms with Gasteiger partial charge in [-0.05, 0) is 62.3 Å². The van der Waals surface area contributed by atoms with Gasteiger partial charge in [-0.1, -0.05) is 11.6 Å². The minimum atomic E-state index is -0.175. The molecular weight excluding hydrogens is 448 g/mol. The number of thiazole rings is 1. The van der Waals surface area contributed by atoms with E-state index < -0.39 is 0 Å². The fourth-order valence-corrected chi connectivity index (χ4v) is 5.19. The molecule has 0 saturated carbocycles. The van der Waals surface area contributed by atoms with Crippen LogP contribution in [-0.4, -0.2) is 48.4 Å². The largest absolute Gasteiger partial charge is 0.495 e. The number of benzene rings is 2. The Balaban J connectivity index is 1.34. The van der Waals surface area contributed by atoms with E-state index in [2.05, 4.69) is 15.5 Å². The first kappa shape index (κ1) is 22.5. The monoisotopic (exact) mass is 472 g/mol. The van der Waals surface area contributed by atoms with Crippen molar-refractivity contribution in [3.63, 3.8) is 0 Å². The van der Waals surface area contributed by atoms with Crippen molar-refractivity contribution in [1.82, 2.24) is 9.88 Å². The lowest BCUT2D eigenvalue weighted by Crippen LogP contribution is -2.38. The number of methoxy groups -OCH3 is 1.